The van der Waals surface area contributed by atoms with Crippen molar-refractivity contribution in [2.24, 2.45) is 5.73 Å². The molecule has 0 saturated heterocycles. The average molecular weight is 243 g/mol. The molecule has 1 aromatic rings. The molecule has 0 bridgehead atoms. The zero-order valence-corrected chi connectivity index (χ0v) is 9.34. The monoisotopic (exact) mass is 242 g/mol. The highest BCUT2D eigenvalue weighted by atomic mass is 79.9. The SMILES string of the molecule is CC(N)CCNc1ccccc1Br. The highest BCUT2D eigenvalue weighted by molar-refractivity contribution is 9.10. The van der Waals surface area contributed by atoms with Gasteiger partial charge in [-0.2, -0.15) is 0 Å². The van der Waals surface area contributed by atoms with Crippen LogP contribution in [0.25, 0.3) is 0 Å². The van der Waals surface area contributed by atoms with Gasteiger partial charge < -0.3 is 11.1 Å². The molecule has 0 aromatic heterocycles. The lowest BCUT2D eigenvalue weighted by Crippen LogP contribution is -2.19. The van der Waals surface area contributed by atoms with Gasteiger partial charge in [-0.15, -0.1) is 0 Å². The Labute approximate surface area is 87.6 Å². The van der Waals surface area contributed by atoms with Gasteiger partial charge in [0.1, 0.15) is 0 Å². The van der Waals surface area contributed by atoms with Gasteiger partial charge in [0, 0.05) is 22.7 Å². The van der Waals surface area contributed by atoms with Crippen molar-refractivity contribution in [2.45, 2.75) is 19.4 Å². The molecule has 0 fully saturated rings. The molecule has 3 N–H and O–H groups in total. The van der Waals surface area contributed by atoms with E-state index in [4.69, 9.17) is 5.73 Å². The Kier molecular flexibility index (Phi) is 4.25. The fraction of sp³-hybridized carbons (Fsp3) is 0.400. The number of para-hydroxylation sites is 1. The molecular formula is C10H15BrN2. The van der Waals surface area contributed by atoms with Gasteiger partial charge >= 0.3 is 0 Å². The maximum absolute atomic E-state index is 5.64. The summed E-state index contributed by atoms with van der Waals surface area (Å²) in [5, 5.41) is 3.32. The Morgan fingerprint density at radius 2 is 2.15 bits per heavy atom. The van der Waals surface area contributed by atoms with Crippen LogP contribution < -0.4 is 11.1 Å². The average Bonchev–Trinajstić information content (AvgIpc) is 2.08. The van der Waals surface area contributed by atoms with Gasteiger partial charge in [-0.1, -0.05) is 12.1 Å². The van der Waals surface area contributed by atoms with Crippen LogP contribution >= 0.6 is 15.9 Å². The first-order chi connectivity index (χ1) is 6.20. The minimum atomic E-state index is 0.259. The number of nitrogens with one attached hydrogen (secondary N) is 1. The highest BCUT2D eigenvalue weighted by Crippen LogP contribution is 2.20. The zero-order chi connectivity index (χ0) is 9.68. The molecule has 1 aromatic carbocycles. The quantitative estimate of drug-likeness (QED) is 0.852. The lowest BCUT2D eigenvalue weighted by molar-refractivity contribution is 0.690. The first kappa shape index (κ1) is 10.5. The predicted octanol–water partition coefficient (Wildman–Crippen LogP) is 2.60. The van der Waals surface area contributed by atoms with Crippen molar-refractivity contribution in [3.8, 4) is 0 Å². The second-order valence-corrected chi connectivity index (χ2v) is 4.03. The summed E-state index contributed by atoms with van der Waals surface area (Å²) in [5.41, 5.74) is 6.77. The summed E-state index contributed by atoms with van der Waals surface area (Å²) in [6, 6.07) is 8.34. The number of anilines is 1. The van der Waals surface area contributed by atoms with Gasteiger partial charge in [-0.05, 0) is 41.4 Å². The molecule has 0 radical (unpaired) electrons. The van der Waals surface area contributed by atoms with E-state index in [9.17, 15) is 0 Å². The van der Waals surface area contributed by atoms with Gasteiger partial charge in [-0.3, -0.25) is 0 Å². The minimum absolute atomic E-state index is 0.259. The number of nitrogens with two attached hydrogens (primary N) is 1. The minimum Gasteiger partial charge on any atom is -0.384 e. The summed E-state index contributed by atoms with van der Waals surface area (Å²) in [5.74, 6) is 0. The van der Waals surface area contributed by atoms with E-state index in [0.717, 1.165) is 23.1 Å². The summed E-state index contributed by atoms with van der Waals surface area (Å²) in [4.78, 5) is 0. The zero-order valence-electron chi connectivity index (χ0n) is 7.76. The predicted molar refractivity (Wildman–Crippen MR) is 60.9 cm³/mol. The summed E-state index contributed by atoms with van der Waals surface area (Å²) in [6.45, 7) is 2.93. The fourth-order valence-electron chi connectivity index (χ4n) is 1.04. The van der Waals surface area contributed by atoms with Crippen molar-refractivity contribution in [1.29, 1.82) is 0 Å². The molecule has 0 amide bonds. The van der Waals surface area contributed by atoms with E-state index in [1.807, 2.05) is 31.2 Å². The molecule has 0 spiro atoms. The van der Waals surface area contributed by atoms with Crippen molar-refractivity contribution in [1.82, 2.24) is 0 Å². The van der Waals surface area contributed by atoms with E-state index in [-0.39, 0.29) is 6.04 Å². The van der Waals surface area contributed by atoms with E-state index in [1.54, 1.807) is 0 Å². The molecule has 0 aliphatic heterocycles. The second-order valence-electron chi connectivity index (χ2n) is 3.17. The maximum Gasteiger partial charge on any atom is 0.0484 e. The standard InChI is InChI=1S/C10H15BrN2/c1-8(12)6-7-13-10-5-3-2-4-9(10)11/h2-5,8,13H,6-7,12H2,1H3. The largest absolute Gasteiger partial charge is 0.384 e. The van der Waals surface area contributed by atoms with Crippen molar-refractivity contribution < 1.29 is 0 Å². The Bertz CT molecular complexity index is 261. The van der Waals surface area contributed by atoms with Crippen LogP contribution in [0.5, 0.6) is 0 Å². The van der Waals surface area contributed by atoms with Crippen molar-refractivity contribution in [3.63, 3.8) is 0 Å². The lowest BCUT2D eigenvalue weighted by atomic mass is 10.2. The van der Waals surface area contributed by atoms with Crippen LogP contribution in [0.1, 0.15) is 13.3 Å². The summed E-state index contributed by atoms with van der Waals surface area (Å²) in [7, 11) is 0. The topological polar surface area (TPSA) is 38.0 Å². The molecular weight excluding hydrogens is 228 g/mol. The van der Waals surface area contributed by atoms with E-state index in [0.29, 0.717) is 0 Å². The molecule has 0 aliphatic carbocycles. The Balaban J connectivity index is 2.41. The van der Waals surface area contributed by atoms with E-state index >= 15 is 0 Å². The lowest BCUT2D eigenvalue weighted by Gasteiger charge is -2.09. The van der Waals surface area contributed by atoms with Gasteiger partial charge in [0.05, 0.1) is 0 Å². The Morgan fingerprint density at radius 3 is 2.77 bits per heavy atom. The normalized spacial score (nSPS) is 12.5. The molecule has 0 saturated carbocycles. The Morgan fingerprint density at radius 1 is 1.46 bits per heavy atom. The van der Waals surface area contributed by atoms with Crippen LogP contribution in [-0.4, -0.2) is 12.6 Å². The van der Waals surface area contributed by atoms with Crippen LogP contribution in [0.2, 0.25) is 0 Å². The van der Waals surface area contributed by atoms with E-state index in [2.05, 4.69) is 21.2 Å². The van der Waals surface area contributed by atoms with Gasteiger partial charge in [-0.25, -0.2) is 0 Å². The van der Waals surface area contributed by atoms with Gasteiger partial charge in [0.2, 0.25) is 0 Å². The van der Waals surface area contributed by atoms with Crippen molar-refractivity contribution in [3.05, 3.63) is 28.7 Å². The molecule has 0 aliphatic rings. The van der Waals surface area contributed by atoms with Crippen LogP contribution in [0.15, 0.2) is 28.7 Å². The number of benzene rings is 1. The summed E-state index contributed by atoms with van der Waals surface area (Å²) in [6.07, 6.45) is 0.987. The number of hydrogen-bond acceptors (Lipinski definition) is 2. The number of hydrogen-bond donors (Lipinski definition) is 2. The maximum atomic E-state index is 5.64. The van der Waals surface area contributed by atoms with Crippen LogP contribution in [0.4, 0.5) is 5.69 Å². The summed E-state index contributed by atoms with van der Waals surface area (Å²) >= 11 is 3.47. The third-order valence-corrected chi connectivity index (χ3v) is 2.48. The second kappa shape index (κ2) is 5.25. The van der Waals surface area contributed by atoms with Crippen molar-refractivity contribution >= 4 is 21.6 Å². The van der Waals surface area contributed by atoms with E-state index in [1.165, 1.54) is 0 Å². The Hall–Kier alpha value is -0.540. The smallest absolute Gasteiger partial charge is 0.0484 e. The highest BCUT2D eigenvalue weighted by Gasteiger charge is 1.97. The van der Waals surface area contributed by atoms with Gasteiger partial charge in [0.25, 0.3) is 0 Å². The molecule has 2 nitrogen and oxygen atoms in total. The fourth-order valence-corrected chi connectivity index (χ4v) is 1.46. The first-order valence-electron chi connectivity index (χ1n) is 4.44. The van der Waals surface area contributed by atoms with Crippen molar-refractivity contribution in [2.75, 3.05) is 11.9 Å². The third-order valence-electron chi connectivity index (χ3n) is 1.79. The molecule has 0 heterocycles. The van der Waals surface area contributed by atoms with Gasteiger partial charge in [0.15, 0.2) is 0 Å². The summed E-state index contributed by atoms with van der Waals surface area (Å²) < 4.78 is 1.10. The number of halogens is 1. The third kappa shape index (κ3) is 3.79. The van der Waals surface area contributed by atoms with E-state index < -0.39 is 0 Å². The van der Waals surface area contributed by atoms with Crippen LogP contribution in [0.3, 0.4) is 0 Å². The van der Waals surface area contributed by atoms with Crippen LogP contribution in [0, 0.1) is 0 Å². The molecule has 13 heavy (non-hydrogen) atoms. The molecule has 1 atom stereocenters. The van der Waals surface area contributed by atoms with Crippen LogP contribution in [-0.2, 0) is 0 Å². The first-order valence-corrected chi connectivity index (χ1v) is 5.23. The molecule has 72 valence electrons. The molecule has 1 rings (SSSR count). The molecule has 3 heteroatoms. The number of rotatable bonds is 4. The molecule has 1 unspecified atom stereocenters.